The van der Waals surface area contributed by atoms with Crippen molar-refractivity contribution >= 4 is 6.09 Å². The molecule has 0 aromatic heterocycles. The Bertz CT molecular complexity index is 606. The summed E-state index contributed by atoms with van der Waals surface area (Å²) in [5.74, 6) is 0.0793. The Morgan fingerprint density at radius 2 is 2.00 bits per heavy atom. The molecule has 152 valence electrons. The summed E-state index contributed by atoms with van der Waals surface area (Å²) in [7, 11) is 1.71. The monoisotopic (exact) mass is 379 g/mol. The summed E-state index contributed by atoms with van der Waals surface area (Å²) in [6.45, 7) is 8.73. The van der Waals surface area contributed by atoms with Crippen molar-refractivity contribution in [3.63, 3.8) is 0 Å². The van der Waals surface area contributed by atoms with Gasteiger partial charge in [-0.2, -0.15) is 0 Å². The summed E-state index contributed by atoms with van der Waals surface area (Å²) in [5.41, 5.74) is 0.836. The predicted molar refractivity (Wildman–Crippen MR) is 101 cm³/mol. The normalized spacial score (nSPS) is 42.9. The van der Waals surface area contributed by atoms with Crippen LogP contribution in [0.3, 0.4) is 0 Å². The highest BCUT2D eigenvalue weighted by molar-refractivity contribution is 5.68. The smallest absolute Gasteiger partial charge is 0.410 e. The molecule has 0 aromatic carbocycles. The van der Waals surface area contributed by atoms with Gasteiger partial charge in [0.15, 0.2) is 0 Å². The van der Waals surface area contributed by atoms with Crippen molar-refractivity contribution in [2.45, 2.75) is 82.4 Å². The molecule has 2 unspecified atom stereocenters. The van der Waals surface area contributed by atoms with Gasteiger partial charge in [-0.25, -0.2) is 4.79 Å². The topological polar surface area (TPSA) is 63.8 Å². The largest absolute Gasteiger partial charge is 0.443 e. The lowest BCUT2D eigenvalue weighted by Crippen LogP contribution is -2.56. The molecule has 1 aliphatic carbocycles. The highest BCUT2D eigenvalue weighted by Crippen LogP contribution is 2.59. The molecular formula is C21H33NO5. The van der Waals surface area contributed by atoms with Crippen LogP contribution in [0.25, 0.3) is 0 Å². The number of methoxy groups -OCH3 is 1. The molecule has 0 N–H and O–H groups in total. The number of allylic oxidation sites excluding steroid dienone is 1. The second kappa shape index (κ2) is 7.05. The van der Waals surface area contributed by atoms with E-state index in [0.29, 0.717) is 0 Å². The molecule has 1 amide bonds. The molecule has 1 saturated carbocycles. The van der Waals surface area contributed by atoms with Gasteiger partial charge in [0.25, 0.3) is 0 Å². The molecule has 6 nitrogen and oxygen atoms in total. The first-order chi connectivity index (χ1) is 12.9. The van der Waals surface area contributed by atoms with Gasteiger partial charge < -0.3 is 23.8 Å². The zero-order valence-electron chi connectivity index (χ0n) is 17.0. The average molecular weight is 379 g/mol. The van der Waals surface area contributed by atoms with Crippen molar-refractivity contribution in [1.29, 1.82) is 0 Å². The molecule has 27 heavy (non-hydrogen) atoms. The van der Waals surface area contributed by atoms with E-state index in [2.05, 4.69) is 26.8 Å². The Labute approximate surface area is 162 Å². The summed E-state index contributed by atoms with van der Waals surface area (Å²) in [6, 6.07) is 0. The molecule has 0 bridgehead atoms. The number of likely N-dealkylation sites (tertiary alicyclic amines) is 1. The quantitative estimate of drug-likeness (QED) is 0.542. The van der Waals surface area contributed by atoms with Crippen LogP contribution in [-0.2, 0) is 18.9 Å². The van der Waals surface area contributed by atoms with Gasteiger partial charge in [-0.05, 0) is 52.9 Å². The van der Waals surface area contributed by atoms with Crippen LogP contribution < -0.4 is 0 Å². The van der Waals surface area contributed by atoms with Gasteiger partial charge in [0, 0.05) is 20.2 Å². The van der Waals surface area contributed by atoms with Gasteiger partial charge >= 0.3 is 6.09 Å². The van der Waals surface area contributed by atoms with E-state index < -0.39 is 0 Å². The lowest BCUT2D eigenvalue weighted by Gasteiger charge is -2.43. The van der Waals surface area contributed by atoms with Gasteiger partial charge in [0.05, 0.1) is 18.6 Å². The van der Waals surface area contributed by atoms with Crippen LogP contribution in [0.5, 0.6) is 0 Å². The van der Waals surface area contributed by atoms with E-state index in [1.54, 1.807) is 7.11 Å². The summed E-state index contributed by atoms with van der Waals surface area (Å²) >= 11 is 0. The molecule has 1 spiro atoms. The van der Waals surface area contributed by atoms with E-state index in [0.717, 1.165) is 51.8 Å². The Kier molecular flexibility index (Phi) is 5.02. The summed E-state index contributed by atoms with van der Waals surface area (Å²) < 4.78 is 24.0. The maximum atomic E-state index is 12.5. The van der Waals surface area contributed by atoms with Crippen molar-refractivity contribution in [2.24, 2.45) is 5.92 Å². The van der Waals surface area contributed by atoms with E-state index >= 15 is 0 Å². The fourth-order valence-corrected chi connectivity index (χ4v) is 5.17. The summed E-state index contributed by atoms with van der Waals surface area (Å²) in [5, 5.41) is 0. The minimum absolute atomic E-state index is 0.0793. The third-order valence-electron chi connectivity index (χ3n) is 6.85. The first-order valence-electron chi connectivity index (χ1n) is 10.3. The standard InChI is InChI=1S/C21H33NO5/c1-14(2)7-8-16-20(3,27-16)18-17(24-4)15(9-10-21(18)13-25-21)26-19(23)22-11-5-6-12-22/h7,15-18H,5-6,8-13H2,1-4H3/t15-,16-,17?,18-,20+,21?/m1/s1. The number of rotatable bonds is 5. The number of carbonyl (C=O) groups excluding carboxylic acids is 1. The van der Waals surface area contributed by atoms with Crippen molar-refractivity contribution in [2.75, 3.05) is 26.8 Å². The second-order valence-electron chi connectivity index (χ2n) is 8.99. The van der Waals surface area contributed by atoms with Crippen LogP contribution in [0.4, 0.5) is 4.79 Å². The Hall–Kier alpha value is -1.11. The number of amides is 1. The molecule has 0 aromatic rings. The van der Waals surface area contributed by atoms with E-state index in [1.165, 1.54) is 5.57 Å². The zero-order chi connectivity index (χ0) is 19.2. The van der Waals surface area contributed by atoms with Crippen LogP contribution in [0.2, 0.25) is 0 Å². The molecule has 6 atom stereocenters. The third-order valence-corrected chi connectivity index (χ3v) is 6.85. The van der Waals surface area contributed by atoms with Crippen LogP contribution in [0.15, 0.2) is 11.6 Å². The van der Waals surface area contributed by atoms with Gasteiger partial charge in [-0.1, -0.05) is 11.6 Å². The van der Waals surface area contributed by atoms with Crippen molar-refractivity contribution in [3.8, 4) is 0 Å². The minimum atomic E-state index is -0.290. The Morgan fingerprint density at radius 3 is 2.59 bits per heavy atom. The number of hydrogen-bond donors (Lipinski definition) is 0. The van der Waals surface area contributed by atoms with Crippen molar-refractivity contribution < 1.29 is 23.7 Å². The number of epoxide rings is 2. The molecule has 6 heteroatoms. The van der Waals surface area contributed by atoms with E-state index in [4.69, 9.17) is 18.9 Å². The van der Waals surface area contributed by atoms with Gasteiger partial charge in [-0.3, -0.25) is 0 Å². The number of carbonyl (C=O) groups is 1. The van der Waals surface area contributed by atoms with Crippen molar-refractivity contribution in [1.82, 2.24) is 4.90 Å². The molecule has 4 rings (SSSR count). The van der Waals surface area contributed by atoms with Crippen LogP contribution in [0, 0.1) is 5.92 Å². The maximum absolute atomic E-state index is 12.5. The van der Waals surface area contributed by atoms with Crippen molar-refractivity contribution in [3.05, 3.63) is 11.6 Å². The summed E-state index contributed by atoms with van der Waals surface area (Å²) in [4.78, 5) is 14.4. The SMILES string of the molecule is COC1[C@H](OC(=O)N2CCCC2)CCC2(CO2)[C@H]1[C@@]1(C)O[C@@H]1CC=C(C)C. The number of hydrogen-bond acceptors (Lipinski definition) is 5. The predicted octanol–water partition coefficient (Wildman–Crippen LogP) is 3.30. The highest BCUT2D eigenvalue weighted by atomic mass is 16.6. The molecule has 3 heterocycles. The molecule has 4 fully saturated rings. The van der Waals surface area contributed by atoms with Crippen LogP contribution >= 0.6 is 0 Å². The lowest BCUT2D eigenvalue weighted by atomic mass is 9.68. The van der Waals surface area contributed by atoms with Gasteiger partial charge in [0.1, 0.15) is 23.4 Å². The molecule has 3 saturated heterocycles. The molecule has 3 aliphatic heterocycles. The number of ether oxygens (including phenoxy) is 4. The third kappa shape index (κ3) is 3.52. The maximum Gasteiger partial charge on any atom is 0.410 e. The van der Waals surface area contributed by atoms with Crippen LogP contribution in [-0.4, -0.2) is 67.3 Å². The molecular weight excluding hydrogens is 346 g/mol. The average Bonchev–Trinajstić information content (AvgIpc) is 3.46. The van der Waals surface area contributed by atoms with Gasteiger partial charge in [0.2, 0.25) is 0 Å². The van der Waals surface area contributed by atoms with E-state index in [-0.39, 0.29) is 41.5 Å². The Morgan fingerprint density at radius 1 is 1.30 bits per heavy atom. The first-order valence-corrected chi connectivity index (χ1v) is 10.3. The highest BCUT2D eigenvalue weighted by Gasteiger charge is 2.72. The van der Waals surface area contributed by atoms with Gasteiger partial charge in [-0.15, -0.1) is 0 Å². The van der Waals surface area contributed by atoms with Crippen LogP contribution in [0.1, 0.15) is 52.9 Å². The number of nitrogens with zero attached hydrogens (tertiary/aromatic N) is 1. The zero-order valence-corrected chi connectivity index (χ0v) is 17.0. The summed E-state index contributed by atoms with van der Waals surface area (Å²) in [6.07, 6.45) is 6.45. The van der Waals surface area contributed by atoms with E-state index in [1.807, 2.05) is 4.90 Å². The molecule has 4 aliphatic rings. The fourth-order valence-electron chi connectivity index (χ4n) is 5.17. The minimum Gasteiger partial charge on any atom is -0.443 e. The lowest BCUT2D eigenvalue weighted by molar-refractivity contribution is -0.121. The molecule has 0 radical (unpaired) electrons. The first kappa shape index (κ1) is 19.2. The fraction of sp³-hybridized carbons (Fsp3) is 0.857. The van der Waals surface area contributed by atoms with E-state index in [9.17, 15) is 4.79 Å². The Balaban J connectivity index is 1.49. The second-order valence-corrected chi connectivity index (χ2v) is 8.99.